The van der Waals surface area contributed by atoms with Gasteiger partial charge in [-0.15, -0.1) is 0 Å². The number of sulfonamides is 1. The Morgan fingerprint density at radius 1 is 0.926 bits per heavy atom. The van der Waals surface area contributed by atoms with E-state index < -0.39 is 21.7 Å². The Kier molecular flexibility index (Phi) is 4.12. The van der Waals surface area contributed by atoms with Crippen LogP contribution in [0, 0.1) is 11.6 Å². The van der Waals surface area contributed by atoms with E-state index in [9.17, 15) is 17.2 Å². The summed E-state index contributed by atoms with van der Waals surface area (Å²) in [5.41, 5.74) is 2.44. The average molecular weight is 385 g/mol. The number of fused-ring (bicyclic) bond motifs is 1. The molecular formula is C19H13F2N3O2S. The molecule has 0 saturated heterocycles. The van der Waals surface area contributed by atoms with Gasteiger partial charge < -0.3 is 4.40 Å². The van der Waals surface area contributed by atoms with Crippen LogP contribution < -0.4 is 4.72 Å². The van der Waals surface area contributed by atoms with E-state index in [-0.39, 0.29) is 10.6 Å². The molecule has 0 amide bonds. The zero-order chi connectivity index (χ0) is 19.0. The van der Waals surface area contributed by atoms with Crippen LogP contribution >= 0.6 is 0 Å². The van der Waals surface area contributed by atoms with Crippen molar-refractivity contribution in [1.29, 1.82) is 0 Å². The maximum atomic E-state index is 13.4. The monoisotopic (exact) mass is 385 g/mol. The average Bonchev–Trinajstić information content (AvgIpc) is 3.08. The predicted octanol–water partition coefficient (Wildman–Crippen LogP) is 4.08. The Balaban J connectivity index is 1.67. The number of nitrogens with zero attached hydrogens (tertiary/aromatic N) is 2. The Labute approximate surface area is 154 Å². The smallest absolute Gasteiger partial charge is 0.261 e. The third-order valence-corrected chi connectivity index (χ3v) is 5.35. The lowest BCUT2D eigenvalue weighted by molar-refractivity contribution is 0.504. The molecule has 2 aromatic carbocycles. The molecule has 1 N–H and O–H groups in total. The molecule has 5 nitrogen and oxygen atoms in total. The van der Waals surface area contributed by atoms with E-state index in [1.165, 1.54) is 0 Å². The molecule has 0 aliphatic heterocycles. The number of aromatic nitrogens is 2. The van der Waals surface area contributed by atoms with Crippen molar-refractivity contribution in [2.24, 2.45) is 0 Å². The highest BCUT2D eigenvalue weighted by molar-refractivity contribution is 7.92. The minimum atomic E-state index is -4.06. The summed E-state index contributed by atoms with van der Waals surface area (Å²) in [5.74, 6) is -2.33. The third-order valence-electron chi connectivity index (χ3n) is 3.98. The number of nitrogens with one attached hydrogen (secondary N) is 1. The van der Waals surface area contributed by atoms with E-state index >= 15 is 0 Å². The molecule has 0 saturated carbocycles. The molecule has 2 aromatic heterocycles. The Hall–Kier alpha value is -3.26. The Morgan fingerprint density at radius 3 is 2.56 bits per heavy atom. The summed E-state index contributed by atoms with van der Waals surface area (Å²) in [6.45, 7) is 0. The van der Waals surface area contributed by atoms with E-state index in [2.05, 4.69) is 9.71 Å². The zero-order valence-corrected chi connectivity index (χ0v) is 14.6. The van der Waals surface area contributed by atoms with Gasteiger partial charge in [-0.05, 0) is 42.5 Å². The number of benzene rings is 2. The number of imidazole rings is 1. The van der Waals surface area contributed by atoms with Crippen LogP contribution in [0.25, 0.3) is 16.9 Å². The second-order valence-corrected chi connectivity index (χ2v) is 7.54. The first-order valence-corrected chi connectivity index (χ1v) is 9.43. The quantitative estimate of drug-likeness (QED) is 0.576. The van der Waals surface area contributed by atoms with Crippen LogP contribution in [0.2, 0.25) is 0 Å². The number of hydrogen-bond acceptors (Lipinski definition) is 3. The van der Waals surface area contributed by atoms with Gasteiger partial charge in [-0.3, -0.25) is 4.72 Å². The van der Waals surface area contributed by atoms with Crippen LogP contribution in [0.4, 0.5) is 14.5 Å². The molecule has 0 bridgehead atoms. The molecule has 136 valence electrons. The topological polar surface area (TPSA) is 63.5 Å². The molecule has 4 rings (SSSR count). The van der Waals surface area contributed by atoms with Gasteiger partial charge in [0.25, 0.3) is 10.0 Å². The normalized spacial score (nSPS) is 11.6. The number of anilines is 1. The summed E-state index contributed by atoms with van der Waals surface area (Å²) in [6, 6.07) is 14.7. The van der Waals surface area contributed by atoms with Gasteiger partial charge in [0, 0.05) is 23.6 Å². The van der Waals surface area contributed by atoms with Crippen LogP contribution in [0.3, 0.4) is 0 Å². The van der Waals surface area contributed by atoms with Gasteiger partial charge in [0.2, 0.25) is 0 Å². The van der Waals surface area contributed by atoms with Crippen LogP contribution in [0.15, 0.2) is 78.0 Å². The second kappa shape index (κ2) is 6.48. The van der Waals surface area contributed by atoms with Crippen molar-refractivity contribution >= 4 is 21.4 Å². The van der Waals surface area contributed by atoms with Gasteiger partial charge in [-0.2, -0.15) is 0 Å². The van der Waals surface area contributed by atoms with Crippen molar-refractivity contribution in [3.63, 3.8) is 0 Å². The van der Waals surface area contributed by atoms with Gasteiger partial charge in [0.15, 0.2) is 11.6 Å². The molecule has 27 heavy (non-hydrogen) atoms. The van der Waals surface area contributed by atoms with Gasteiger partial charge in [-0.25, -0.2) is 22.2 Å². The molecule has 0 radical (unpaired) electrons. The van der Waals surface area contributed by atoms with Gasteiger partial charge in [0.1, 0.15) is 5.65 Å². The fourth-order valence-corrected chi connectivity index (χ4v) is 3.73. The second-order valence-electron chi connectivity index (χ2n) is 5.85. The number of rotatable bonds is 4. The van der Waals surface area contributed by atoms with Crippen molar-refractivity contribution in [2.45, 2.75) is 4.90 Å². The van der Waals surface area contributed by atoms with E-state index in [0.29, 0.717) is 17.3 Å². The van der Waals surface area contributed by atoms with E-state index in [0.717, 1.165) is 17.8 Å². The lowest BCUT2D eigenvalue weighted by Gasteiger charge is -2.09. The summed E-state index contributed by atoms with van der Waals surface area (Å²) in [7, 11) is -4.06. The van der Waals surface area contributed by atoms with Gasteiger partial charge >= 0.3 is 0 Å². The number of halogens is 2. The van der Waals surface area contributed by atoms with Crippen LogP contribution in [0.1, 0.15) is 0 Å². The predicted molar refractivity (Wildman–Crippen MR) is 97.8 cm³/mol. The summed E-state index contributed by atoms with van der Waals surface area (Å²) >= 11 is 0. The van der Waals surface area contributed by atoms with Crippen molar-refractivity contribution in [3.8, 4) is 11.3 Å². The molecule has 0 spiro atoms. The molecule has 0 aliphatic carbocycles. The molecule has 0 atom stereocenters. The maximum absolute atomic E-state index is 13.4. The SMILES string of the molecule is O=S(=O)(Nc1cccc(-c2cn3ccccc3n2)c1)c1ccc(F)c(F)c1. The highest BCUT2D eigenvalue weighted by atomic mass is 32.2. The highest BCUT2D eigenvalue weighted by Gasteiger charge is 2.17. The first kappa shape index (κ1) is 17.2. The summed E-state index contributed by atoms with van der Waals surface area (Å²) < 4.78 is 55.5. The first-order chi connectivity index (χ1) is 12.9. The summed E-state index contributed by atoms with van der Waals surface area (Å²) in [6.07, 6.45) is 3.69. The lowest BCUT2D eigenvalue weighted by atomic mass is 10.1. The van der Waals surface area contributed by atoms with Crippen LogP contribution in [-0.4, -0.2) is 17.8 Å². The van der Waals surface area contributed by atoms with Crippen LogP contribution in [0.5, 0.6) is 0 Å². The number of pyridine rings is 1. The first-order valence-electron chi connectivity index (χ1n) is 7.94. The minimum Gasteiger partial charge on any atom is -0.306 e. The summed E-state index contributed by atoms with van der Waals surface area (Å²) in [4.78, 5) is 4.13. The molecule has 2 heterocycles. The summed E-state index contributed by atoms with van der Waals surface area (Å²) in [5, 5.41) is 0. The zero-order valence-electron chi connectivity index (χ0n) is 13.8. The van der Waals surface area contributed by atoms with E-state index in [1.54, 1.807) is 24.3 Å². The molecule has 0 aliphatic rings. The van der Waals surface area contributed by atoms with Gasteiger partial charge in [-0.1, -0.05) is 18.2 Å². The lowest BCUT2D eigenvalue weighted by Crippen LogP contribution is -2.13. The van der Waals surface area contributed by atoms with Crippen molar-refractivity contribution < 1.29 is 17.2 Å². The van der Waals surface area contributed by atoms with E-state index in [1.807, 2.05) is 35.0 Å². The third kappa shape index (κ3) is 3.39. The fraction of sp³-hybridized carbons (Fsp3) is 0. The van der Waals surface area contributed by atoms with Crippen molar-refractivity contribution in [1.82, 2.24) is 9.38 Å². The number of hydrogen-bond donors (Lipinski definition) is 1. The maximum Gasteiger partial charge on any atom is 0.261 e. The Morgan fingerprint density at radius 2 is 1.78 bits per heavy atom. The molecule has 4 aromatic rings. The van der Waals surface area contributed by atoms with Crippen LogP contribution in [-0.2, 0) is 10.0 Å². The highest BCUT2D eigenvalue weighted by Crippen LogP contribution is 2.24. The molecule has 0 fully saturated rings. The molecular weight excluding hydrogens is 372 g/mol. The molecule has 8 heteroatoms. The minimum absolute atomic E-state index is 0.286. The fourth-order valence-electron chi connectivity index (χ4n) is 2.67. The largest absolute Gasteiger partial charge is 0.306 e. The Bertz CT molecular complexity index is 1220. The van der Waals surface area contributed by atoms with Crippen molar-refractivity contribution in [2.75, 3.05) is 4.72 Å². The van der Waals surface area contributed by atoms with E-state index in [4.69, 9.17) is 0 Å². The molecule has 0 unspecified atom stereocenters. The van der Waals surface area contributed by atoms with Gasteiger partial charge in [0.05, 0.1) is 10.6 Å². The van der Waals surface area contributed by atoms with Crippen molar-refractivity contribution in [3.05, 3.63) is 84.7 Å². The standard InChI is InChI=1S/C19H13F2N3O2S/c20-16-8-7-15(11-17(16)21)27(25,26)23-14-5-3-4-13(10-14)18-12-24-9-2-1-6-19(24)22-18/h1-12,23H.